The number of amides is 1. The second-order valence-electron chi connectivity index (χ2n) is 5.96. The van der Waals surface area contributed by atoms with Crippen LogP contribution in [0.15, 0.2) is 18.2 Å². The minimum atomic E-state index is -4.66. The van der Waals surface area contributed by atoms with E-state index >= 15 is 0 Å². The Balaban J connectivity index is 2.04. The number of nitrogens with one attached hydrogen (secondary N) is 1. The lowest BCUT2D eigenvalue weighted by Gasteiger charge is -2.29. The maximum Gasteiger partial charge on any atom is 0.417 e. The van der Waals surface area contributed by atoms with E-state index < -0.39 is 39.4 Å². The van der Waals surface area contributed by atoms with Gasteiger partial charge in [0.1, 0.15) is 0 Å². The van der Waals surface area contributed by atoms with Gasteiger partial charge in [-0.1, -0.05) is 18.0 Å². The van der Waals surface area contributed by atoms with E-state index in [0.29, 0.717) is 19.2 Å². The summed E-state index contributed by atoms with van der Waals surface area (Å²) < 4.78 is 65.5. The molecule has 1 saturated heterocycles. The van der Waals surface area contributed by atoms with Crippen LogP contribution in [0.1, 0.15) is 24.8 Å². The normalized spacial score (nSPS) is 16.7. The van der Waals surface area contributed by atoms with Gasteiger partial charge in [-0.3, -0.25) is 4.79 Å². The number of benzene rings is 1. The molecule has 1 aliphatic rings. The summed E-state index contributed by atoms with van der Waals surface area (Å²) in [6.07, 6.45) is -2.20. The molecule has 2 rings (SSSR count). The number of likely N-dealkylation sites (N-methyl/N-ethyl adjacent to an activating group) is 1. The van der Waals surface area contributed by atoms with Crippen LogP contribution in [0.4, 0.5) is 18.9 Å². The van der Waals surface area contributed by atoms with E-state index in [9.17, 15) is 26.4 Å². The Morgan fingerprint density at radius 1 is 1.27 bits per heavy atom. The molecule has 0 saturated carbocycles. The Hall–Kier alpha value is -1.36. The first-order valence-electron chi connectivity index (χ1n) is 7.90. The van der Waals surface area contributed by atoms with Crippen molar-refractivity contribution >= 4 is 33.4 Å². The summed E-state index contributed by atoms with van der Waals surface area (Å²) in [6.45, 7) is 0.268. The van der Waals surface area contributed by atoms with Gasteiger partial charge in [0.25, 0.3) is 10.2 Å². The zero-order chi connectivity index (χ0) is 19.5. The Bertz CT molecular complexity index is 765. The highest BCUT2D eigenvalue weighted by molar-refractivity contribution is 7.86. The number of anilines is 1. The molecule has 1 aromatic rings. The first-order chi connectivity index (χ1) is 12.0. The monoisotopic (exact) mass is 413 g/mol. The molecule has 0 spiro atoms. The molecule has 146 valence electrons. The highest BCUT2D eigenvalue weighted by Gasteiger charge is 2.34. The molecular weight excluding hydrogens is 395 g/mol. The lowest BCUT2D eigenvalue weighted by atomic mass is 10.2. The van der Waals surface area contributed by atoms with Gasteiger partial charge >= 0.3 is 6.18 Å². The van der Waals surface area contributed by atoms with Crippen LogP contribution >= 0.6 is 11.6 Å². The molecule has 0 atom stereocenters. The average molecular weight is 414 g/mol. The fourth-order valence-corrected chi connectivity index (χ4v) is 4.22. The summed E-state index contributed by atoms with van der Waals surface area (Å²) in [4.78, 5) is 12.0. The van der Waals surface area contributed by atoms with Crippen molar-refractivity contribution in [2.75, 3.05) is 32.0 Å². The number of alkyl halides is 3. The van der Waals surface area contributed by atoms with E-state index in [0.717, 1.165) is 29.6 Å². The topological polar surface area (TPSA) is 69.7 Å². The number of carbonyl (C=O) groups is 1. The number of nitrogens with zero attached hydrogens (tertiary/aromatic N) is 2. The molecule has 0 aromatic heterocycles. The minimum Gasteiger partial charge on any atom is -0.325 e. The third-order valence-electron chi connectivity index (χ3n) is 3.96. The lowest BCUT2D eigenvalue weighted by Crippen LogP contribution is -2.46. The number of hydrogen-bond acceptors (Lipinski definition) is 3. The zero-order valence-corrected chi connectivity index (χ0v) is 15.6. The van der Waals surface area contributed by atoms with Crippen LogP contribution in [-0.2, 0) is 21.2 Å². The average Bonchev–Trinajstić information content (AvgIpc) is 2.56. The van der Waals surface area contributed by atoms with E-state index in [-0.39, 0.29) is 5.69 Å². The molecule has 0 radical (unpaired) electrons. The maximum absolute atomic E-state index is 12.8. The van der Waals surface area contributed by atoms with Crippen LogP contribution in [0.3, 0.4) is 0 Å². The summed E-state index contributed by atoms with van der Waals surface area (Å²) >= 11 is 5.52. The van der Waals surface area contributed by atoms with Crippen molar-refractivity contribution in [2.45, 2.75) is 25.4 Å². The van der Waals surface area contributed by atoms with E-state index in [1.54, 1.807) is 0 Å². The molecule has 0 unspecified atom stereocenters. The van der Waals surface area contributed by atoms with Crippen molar-refractivity contribution in [2.24, 2.45) is 0 Å². The summed E-state index contributed by atoms with van der Waals surface area (Å²) in [5.41, 5.74) is -1.19. The SMILES string of the molecule is CN(CC(=O)Nc1ccc(Cl)c(C(F)(F)F)c1)S(=O)(=O)N1CCCCC1. The maximum atomic E-state index is 12.8. The van der Waals surface area contributed by atoms with Gasteiger partial charge in [0.05, 0.1) is 17.1 Å². The van der Waals surface area contributed by atoms with Crippen LogP contribution < -0.4 is 5.32 Å². The smallest absolute Gasteiger partial charge is 0.325 e. The summed E-state index contributed by atoms with van der Waals surface area (Å²) in [5.74, 6) is -0.747. The molecule has 1 heterocycles. The van der Waals surface area contributed by atoms with Crippen molar-refractivity contribution in [3.63, 3.8) is 0 Å². The molecule has 1 fully saturated rings. The minimum absolute atomic E-state index is 0.115. The predicted octanol–water partition coefficient (Wildman–Crippen LogP) is 2.96. The second kappa shape index (κ2) is 8.12. The van der Waals surface area contributed by atoms with Crippen LogP contribution in [0.5, 0.6) is 0 Å². The van der Waals surface area contributed by atoms with E-state index in [1.807, 2.05) is 0 Å². The second-order valence-corrected chi connectivity index (χ2v) is 8.41. The molecule has 0 bridgehead atoms. The molecule has 1 amide bonds. The first kappa shape index (κ1) is 20.9. The number of rotatable bonds is 5. The van der Waals surface area contributed by atoms with E-state index in [4.69, 9.17) is 11.6 Å². The highest BCUT2D eigenvalue weighted by Crippen LogP contribution is 2.36. The Labute approximate surface area is 155 Å². The van der Waals surface area contributed by atoms with Gasteiger partial charge in [-0.05, 0) is 31.0 Å². The molecule has 1 aliphatic heterocycles. The standard InChI is InChI=1S/C15H19ClF3N3O3S/c1-21(26(24,25)22-7-3-2-4-8-22)10-14(23)20-11-5-6-13(16)12(9-11)15(17,18)19/h5-6,9H,2-4,7-8,10H2,1H3,(H,20,23). The van der Waals surface area contributed by atoms with Gasteiger partial charge in [-0.25, -0.2) is 0 Å². The lowest BCUT2D eigenvalue weighted by molar-refractivity contribution is -0.137. The van der Waals surface area contributed by atoms with Crippen LogP contribution in [-0.4, -0.2) is 49.6 Å². The quantitative estimate of drug-likeness (QED) is 0.806. The molecule has 11 heteroatoms. The third kappa shape index (κ3) is 5.09. The van der Waals surface area contributed by atoms with E-state index in [1.165, 1.54) is 17.4 Å². The Morgan fingerprint density at radius 3 is 2.46 bits per heavy atom. The summed E-state index contributed by atoms with van der Waals surface area (Å²) in [5, 5.41) is 1.78. The molecule has 1 aromatic carbocycles. The van der Waals surface area contributed by atoms with Crippen molar-refractivity contribution < 1.29 is 26.4 Å². The van der Waals surface area contributed by atoms with Gasteiger partial charge in [-0.15, -0.1) is 0 Å². The predicted molar refractivity (Wildman–Crippen MR) is 92.1 cm³/mol. The summed E-state index contributed by atoms with van der Waals surface area (Å²) in [7, 11) is -2.53. The molecule has 6 nitrogen and oxygen atoms in total. The van der Waals surface area contributed by atoms with Crippen LogP contribution in [0.25, 0.3) is 0 Å². The fourth-order valence-electron chi connectivity index (χ4n) is 2.60. The van der Waals surface area contributed by atoms with Gasteiger partial charge in [0.15, 0.2) is 0 Å². The number of hydrogen-bond donors (Lipinski definition) is 1. The number of piperidine rings is 1. The Kier molecular flexibility index (Phi) is 6.54. The van der Waals surface area contributed by atoms with Gasteiger partial charge in [0.2, 0.25) is 5.91 Å². The number of carbonyl (C=O) groups excluding carboxylic acids is 1. The van der Waals surface area contributed by atoms with Crippen molar-refractivity contribution in [1.29, 1.82) is 0 Å². The van der Waals surface area contributed by atoms with Crippen molar-refractivity contribution in [3.8, 4) is 0 Å². The Morgan fingerprint density at radius 2 is 1.88 bits per heavy atom. The third-order valence-corrected chi connectivity index (χ3v) is 6.22. The first-order valence-corrected chi connectivity index (χ1v) is 9.67. The molecule has 26 heavy (non-hydrogen) atoms. The van der Waals surface area contributed by atoms with Crippen LogP contribution in [0.2, 0.25) is 5.02 Å². The molecular formula is C15H19ClF3N3O3S. The largest absolute Gasteiger partial charge is 0.417 e. The van der Waals surface area contributed by atoms with E-state index in [2.05, 4.69) is 5.32 Å². The fraction of sp³-hybridized carbons (Fsp3) is 0.533. The van der Waals surface area contributed by atoms with Crippen molar-refractivity contribution in [1.82, 2.24) is 8.61 Å². The van der Waals surface area contributed by atoms with Gasteiger partial charge < -0.3 is 5.32 Å². The molecule has 0 aliphatic carbocycles. The van der Waals surface area contributed by atoms with Gasteiger partial charge in [-0.2, -0.15) is 30.2 Å². The van der Waals surface area contributed by atoms with Crippen molar-refractivity contribution in [3.05, 3.63) is 28.8 Å². The van der Waals surface area contributed by atoms with Crippen LogP contribution in [0, 0.1) is 0 Å². The summed E-state index contributed by atoms with van der Waals surface area (Å²) in [6, 6.07) is 2.95. The van der Waals surface area contributed by atoms with Gasteiger partial charge in [0, 0.05) is 25.8 Å². The molecule has 1 N–H and O–H groups in total. The highest BCUT2D eigenvalue weighted by atomic mass is 35.5. The number of halogens is 4. The zero-order valence-electron chi connectivity index (χ0n) is 14.0.